The number of carbonyl (C=O) groups excluding carboxylic acids is 1. The highest BCUT2D eigenvalue weighted by atomic mass is 79.9. The van der Waals surface area contributed by atoms with Gasteiger partial charge < -0.3 is 11.1 Å². The molecule has 0 heterocycles. The molecule has 3 N–H and O–H groups in total. The second-order valence-electron chi connectivity index (χ2n) is 4.29. The molecular weight excluding hydrogens is 318 g/mol. The second-order valence-corrected chi connectivity index (χ2v) is 5.21. The summed E-state index contributed by atoms with van der Waals surface area (Å²) >= 11 is 2.96. The number of nitrogens with two attached hydrogens (primary N) is 1. The third-order valence-electron chi connectivity index (χ3n) is 2.76. The Hall–Kier alpha value is -1.01. The fourth-order valence-electron chi connectivity index (χ4n) is 1.72. The van der Waals surface area contributed by atoms with E-state index in [0.717, 1.165) is 25.0 Å². The fraction of sp³-hybridized carbons (Fsp3) is 0.462. The SMILES string of the molecule is CCCCC(CN)NC(=O)c1c(F)cc(Br)cc1F. The third-order valence-corrected chi connectivity index (χ3v) is 3.22. The molecule has 0 fully saturated rings. The predicted octanol–water partition coefficient (Wildman–Crippen LogP) is 2.97. The van der Waals surface area contributed by atoms with Crippen molar-refractivity contribution in [1.29, 1.82) is 0 Å². The lowest BCUT2D eigenvalue weighted by atomic mass is 10.1. The van der Waals surface area contributed by atoms with Crippen LogP contribution in [0.1, 0.15) is 36.5 Å². The summed E-state index contributed by atoms with van der Waals surface area (Å²) in [4.78, 5) is 11.9. The molecule has 1 unspecified atom stereocenters. The van der Waals surface area contributed by atoms with E-state index in [1.54, 1.807) is 0 Å². The number of amides is 1. The van der Waals surface area contributed by atoms with Crippen molar-refractivity contribution < 1.29 is 13.6 Å². The molecule has 0 aliphatic rings. The first-order chi connectivity index (χ1) is 8.99. The van der Waals surface area contributed by atoms with Crippen molar-refractivity contribution in [2.45, 2.75) is 32.2 Å². The smallest absolute Gasteiger partial charge is 0.257 e. The third kappa shape index (κ3) is 4.54. The van der Waals surface area contributed by atoms with Crippen molar-refractivity contribution in [3.63, 3.8) is 0 Å². The van der Waals surface area contributed by atoms with Crippen LogP contribution in [0.15, 0.2) is 16.6 Å². The quantitative estimate of drug-likeness (QED) is 0.840. The Balaban J connectivity index is 2.83. The van der Waals surface area contributed by atoms with Gasteiger partial charge in [0, 0.05) is 17.1 Å². The van der Waals surface area contributed by atoms with Gasteiger partial charge in [0.2, 0.25) is 0 Å². The molecule has 1 atom stereocenters. The van der Waals surface area contributed by atoms with Gasteiger partial charge in [0.05, 0.1) is 0 Å². The van der Waals surface area contributed by atoms with E-state index in [4.69, 9.17) is 5.73 Å². The highest BCUT2D eigenvalue weighted by Gasteiger charge is 2.20. The van der Waals surface area contributed by atoms with Crippen LogP contribution in [0.5, 0.6) is 0 Å². The van der Waals surface area contributed by atoms with Crippen LogP contribution >= 0.6 is 15.9 Å². The van der Waals surface area contributed by atoms with Gasteiger partial charge in [0.15, 0.2) is 0 Å². The summed E-state index contributed by atoms with van der Waals surface area (Å²) in [5, 5.41) is 2.56. The number of nitrogens with one attached hydrogen (secondary N) is 1. The lowest BCUT2D eigenvalue weighted by molar-refractivity contribution is 0.0927. The molecule has 19 heavy (non-hydrogen) atoms. The lowest BCUT2D eigenvalue weighted by Crippen LogP contribution is -2.40. The summed E-state index contributed by atoms with van der Waals surface area (Å²) in [6, 6.07) is 1.85. The number of rotatable bonds is 6. The molecule has 1 aromatic rings. The number of hydrogen-bond acceptors (Lipinski definition) is 2. The van der Waals surface area contributed by atoms with Crippen molar-refractivity contribution in [2.75, 3.05) is 6.54 Å². The number of hydrogen-bond donors (Lipinski definition) is 2. The Labute approximate surface area is 119 Å². The summed E-state index contributed by atoms with van der Waals surface area (Å²) in [5.74, 6) is -2.56. The van der Waals surface area contributed by atoms with Gasteiger partial charge in [-0.1, -0.05) is 35.7 Å². The average Bonchev–Trinajstić information content (AvgIpc) is 2.33. The van der Waals surface area contributed by atoms with Crippen molar-refractivity contribution in [2.24, 2.45) is 5.73 Å². The van der Waals surface area contributed by atoms with Crippen LogP contribution in [0.25, 0.3) is 0 Å². The molecular formula is C13H17BrF2N2O. The van der Waals surface area contributed by atoms with E-state index in [2.05, 4.69) is 21.2 Å². The van der Waals surface area contributed by atoms with E-state index in [9.17, 15) is 13.6 Å². The Morgan fingerprint density at radius 3 is 2.47 bits per heavy atom. The molecule has 106 valence electrons. The number of carbonyl (C=O) groups is 1. The van der Waals surface area contributed by atoms with Gasteiger partial charge in [-0.25, -0.2) is 8.78 Å². The first kappa shape index (κ1) is 16.0. The summed E-state index contributed by atoms with van der Waals surface area (Å²) in [6.07, 6.45) is 2.55. The first-order valence-corrected chi connectivity index (χ1v) is 6.94. The zero-order valence-electron chi connectivity index (χ0n) is 10.7. The maximum Gasteiger partial charge on any atom is 0.257 e. The minimum atomic E-state index is -0.893. The molecule has 0 spiro atoms. The largest absolute Gasteiger partial charge is 0.348 e. The first-order valence-electron chi connectivity index (χ1n) is 6.15. The van der Waals surface area contributed by atoms with Gasteiger partial charge in [-0.05, 0) is 18.6 Å². The molecule has 0 saturated heterocycles. The molecule has 0 bridgehead atoms. The highest BCUT2D eigenvalue weighted by molar-refractivity contribution is 9.10. The van der Waals surface area contributed by atoms with E-state index < -0.39 is 23.1 Å². The topological polar surface area (TPSA) is 55.1 Å². The van der Waals surface area contributed by atoms with Crippen molar-refractivity contribution in [3.05, 3.63) is 33.8 Å². The normalized spacial score (nSPS) is 12.3. The van der Waals surface area contributed by atoms with E-state index in [-0.39, 0.29) is 17.1 Å². The highest BCUT2D eigenvalue weighted by Crippen LogP contribution is 2.19. The predicted molar refractivity (Wildman–Crippen MR) is 73.9 cm³/mol. The van der Waals surface area contributed by atoms with Crippen LogP contribution in [0, 0.1) is 11.6 Å². The molecule has 3 nitrogen and oxygen atoms in total. The Morgan fingerprint density at radius 1 is 1.42 bits per heavy atom. The van der Waals surface area contributed by atoms with E-state index in [0.29, 0.717) is 6.42 Å². The van der Waals surface area contributed by atoms with Crippen molar-refractivity contribution in [1.82, 2.24) is 5.32 Å². The summed E-state index contributed by atoms with van der Waals surface area (Å²) in [5.41, 5.74) is 4.96. The van der Waals surface area contributed by atoms with E-state index in [1.807, 2.05) is 6.92 Å². The van der Waals surface area contributed by atoms with Crippen LogP contribution < -0.4 is 11.1 Å². The molecule has 0 aliphatic carbocycles. The second kappa shape index (κ2) is 7.55. The Bertz CT molecular complexity index is 431. The maximum atomic E-state index is 13.6. The molecule has 1 rings (SSSR count). The summed E-state index contributed by atoms with van der Waals surface area (Å²) in [6.45, 7) is 2.26. The van der Waals surface area contributed by atoms with E-state index in [1.165, 1.54) is 0 Å². The molecule has 0 saturated carbocycles. The molecule has 1 amide bonds. The minimum Gasteiger partial charge on any atom is -0.348 e. The van der Waals surface area contributed by atoms with Gasteiger partial charge in [0.1, 0.15) is 17.2 Å². The van der Waals surface area contributed by atoms with Gasteiger partial charge in [-0.15, -0.1) is 0 Å². The van der Waals surface area contributed by atoms with Gasteiger partial charge in [-0.3, -0.25) is 4.79 Å². The van der Waals surface area contributed by atoms with Crippen molar-refractivity contribution in [3.8, 4) is 0 Å². The Kier molecular flexibility index (Phi) is 6.37. The standard InChI is InChI=1S/C13H17BrF2N2O/c1-2-3-4-9(7-17)18-13(19)12-10(15)5-8(14)6-11(12)16/h5-6,9H,2-4,7,17H2,1H3,(H,18,19). The number of unbranched alkanes of at least 4 members (excludes halogenated alkanes) is 1. The molecule has 6 heteroatoms. The van der Waals surface area contributed by atoms with Crippen LogP contribution in [0.3, 0.4) is 0 Å². The summed E-state index contributed by atoms with van der Waals surface area (Å²) < 4.78 is 27.5. The monoisotopic (exact) mass is 334 g/mol. The molecule has 1 aromatic carbocycles. The number of benzene rings is 1. The van der Waals surface area contributed by atoms with Crippen LogP contribution in [0.4, 0.5) is 8.78 Å². The number of halogens is 3. The van der Waals surface area contributed by atoms with Crippen LogP contribution in [-0.4, -0.2) is 18.5 Å². The van der Waals surface area contributed by atoms with Gasteiger partial charge >= 0.3 is 0 Å². The minimum absolute atomic E-state index is 0.242. The maximum absolute atomic E-state index is 13.6. The summed E-state index contributed by atoms with van der Waals surface area (Å²) in [7, 11) is 0. The average molecular weight is 335 g/mol. The van der Waals surface area contributed by atoms with Crippen molar-refractivity contribution >= 4 is 21.8 Å². The lowest BCUT2D eigenvalue weighted by Gasteiger charge is -2.17. The molecule has 0 aromatic heterocycles. The van der Waals surface area contributed by atoms with Crippen LogP contribution in [-0.2, 0) is 0 Å². The Morgan fingerprint density at radius 2 is 2.00 bits per heavy atom. The fourth-order valence-corrected chi connectivity index (χ4v) is 2.12. The molecule has 0 radical (unpaired) electrons. The zero-order chi connectivity index (χ0) is 14.4. The van der Waals surface area contributed by atoms with E-state index >= 15 is 0 Å². The van der Waals surface area contributed by atoms with Gasteiger partial charge in [0.25, 0.3) is 5.91 Å². The van der Waals surface area contributed by atoms with Gasteiger partial charge in [-0.2, -0.15) is 0 Å². The zero-order valence-corrected chi connectivity index (χ0v) is 12.3. The molecule has 0 aliphatic heterocycles. The van der Waals surface area contributed by atoms with Crippen LogP contribution in [0.2, 0.25) is 0 Å².